The molecule has 6 nitrogen and oxygen atoms in total. The average Bonchev–Trinajstić information content (AvgIpc) is 3.12. The number of hydrogen-bond donors (Lipinski definition) is 2. The molecule has 1 aliphatic heterocycles. The third kappa shape index (κ3) is 3.68. The van der Waals surface area contributed by atoms with Gasteiger partial charge in [0.15, 0.2) is 0 Å². The molecule has 1 aromatic heterocycles. The summed E-state index contributed by atoms with van der Waals surface area (Å²) in [7, 11) is -3.57. The van der Waals surface area contributed by atoms with Gasteiger partial charge in [-0.05, 0) is 54.6 Å². The lowest BCUT2D eigenvalue weighted by Crippen LogP contribution is -2.39. The van der Waals surface area contributed by atoms with Crippen molar-refractivity contribution >= 4 is 32.5 Å². The molecule has 7 heteroatoms. The van der Waals surface area contributed by atoms with Crippen molar-refractivity contribution in [1.29, 1.82) is 0 Å². The van der Waals surface area contributed by atoms with Crippen LogP contribution in [0.15, 0.2) is 59.5 Å². The molecular weight excluding hydrogens is 374 g/mol. The van der Waals surface area contributed by atoms with Gasteiger partial charge in [-0.25, -0.2) is 8.42 Å². The fraction of sp³-hybridized carbons (Fsp3) is 0.286. The number of H-pyrrole nitrogens is 1. The van der Waals surface area contributed by atoms with Crippen LogP contribution in [0.1, 0.15) is 31.4 Å². The highest BCUT2D eigenvalue weighted by atomic mass is 32.2. The van der Waals surface area contributed by atoms with E-state index in [1.54, 1.807) is 28.6 Å². The molecule has 2 aromatic carbocycles. The second-order valence-corrected chi connectivity index (χ2v) is 9.16. The molecule has 1 atom stereocenters. The highest BCUT2D eigenvalue weighted by molar-refractivity contribution is 7.89. The molecule has 2 N–H and O–H groups in total. The molecular formula is C21H23N3O3S. The molecule has 1 amide bonds. The molecule has 2 heterocycles. The lowest BCUT2D eigenvalue weighted by atomic mass is 9.96. The van der Waals surface area contributed by atoms with Crippen molar-refractivity contribution in [1.82, 2.24) is 9.29 Å². The number of carbonyl (C=O) groups excluding carboxylic acids is 1. The largest absolute Gasteiger partial charge is 0.358 e. The maximum absolute atomic E-state index is 13.1. The number of nitrogens with zero attached hydrogens (tertiary/aromatic N) is 1. The number of amides is 1. The van der Waals surface area contributed by atoms with E-state index in [1.165, 1.54) is 6.92 Å². The topological polar surface area (TPSA) is 82.3 Å². The summed E-state index contributed by atoms with van der Waals surface area (Å²) in [6, 6.07) is 16.5. The van der Waals surface area contributed by atoms with E-state index >= 15 is 0 Å². The fourth-order valence-electron chi connectivity index (χ4n) is 3.79. The van der Waals surface area contributed by atoms with Crippen molar-refractivity contribution in [3.63, 3.8) is 0 Å². The normalized spacial score (nSPS) is 18.2. The lowest BCUT2D eigenvalue weighted by Gasteiger charge is -2.31. The predicted octanol–water partition coefficient (Wildman–Crippen LogP) is 3.69. The van der Waals surface area contributed by atoms with Crippen LogP contribution in [0.3, 0.4) is 0 Å². The lowest BCUT2D eigenvalue weighted by molar-refractivity contribution is -0.114. The maximum Gasteiger partial charge on any atom is 0.243 e. The Kier molecular flexibility index (Phi) is 4.95. The number of piperidine rings is 1. The van der Waals surface area contributed by atoms with Crippen LogP contribution >= 0.6 is 0 Å². The Hall–Kier alpha value is -2.64. The van der Waals surface area contributed by atoms with Gasteiger partial charge in [0.05, 0.1) is 4.90 Å². The van der Waals surface area contributed by atoms with Crippen LogP contribution in [-0.2, 0) is 14.8 Å². The molecule has 0 unspecified atom stereocenters. The Bertz CT molecular complexity index is 1070. The zero-order valence-electron chi connectivity index (χ0n) is 15.7. The Morgan fingerprint density at radius 2 is 1.89 bits per heavy atom. The number of fused-ring (bicyclic) bond motifs is 1. The van der Waals surface area contributed by atoms with Crippen LogP contribution in [0.5, 0.6) is 0 Å². The predicted molar refractivity (Wildman–Crippen MR) is 110 cm³/mol. The molecule has 0 radical (unpaired) electrons. The van der Waals surface area contributed by atoms with Crippen LogP contribution in [0.2, 0.25) is 0 Å². The summed E-state index contributed by atoms with van der Waals surface area (Å²) in [5, 5.41) is 3.80. The van der Waals surface area contributed by atoms with Crippen LogP contribution in [0.4, 0.5) is 5.69 Å². The van der Waals surface area contributed by atoms with Gasteiger partial charge in [-0.15, -0.1) is 0 Å². The van der Waals surface area contributed by atoms with E-state index in [9.17, 15) is 13.2 Å². The first kappa shape index (κ1) is 18.7. The number of aromatic nitrogens is 1. The van der Waals surface area contributed by atoms with E-state index < -0.39 is 10.0 Å². The Morgan fingerprint density at radius 1 is 1.14 bits per heavy atom. The van der Waals surface area contributed by atoms with Gasteiger partial charge in [0, 0.05) is 42.8 Å². The van der Waals surface area contributed by atoms with Gasteiger partial charge in [0.1, 0.15) is 0 Å². The van der Waals surface area contributed by atoms with E-state index in [-0.39, 0.29) is 16.7 Å². The van der Waals surface area contributed by atoms with E-state index in [0.717, 1.165) is 29.4 Å². The van der Waals surface area contributed by atoms with Crippen molar-refractivity contribution in [2.75, 3.05) is 18.4 Å². The van der Waals surface area contributed by atoms with Crippen molar-refractivity contribution in [3.05, 3.63) is 60.3 Å². The molecule has 0 aliphatic carbocycles. The third-order valence-corrected chi connectivity index (χ3v) is 7.07. The molecule has 28 heavy (non-hydrogen) atoms. The van der Waals surface area contributed by atoms with E-state index in [4.69, 9.17) is 0 Å². The Labute approximate surface area is 164 Å². The number of nitrogens with one attached hydrogen (secondary N) is 2. The number of para-hydroxylation sites is 1. The summed E-state index contributed by atoms with van der Waals surface area (Å²) >= 11 is 0. The van der Waals surface area contributed by atoms with Crippen molar-refractivity contribution in [2.45, 2.75) is 30.6 Å². The summed E-state index contributed by atoms with van der Waals surface area (Å²) in [5.74, 6) is -0.0395. The van der Waals surface area contributed by atoms with Gasteiger partial charge < -0.3 is 10.3 Å². The average molecular weight is 398 g/mol. The highest BCUT2D eigenvalue weighted by Crippen LogP contribution is 2.31. The third-order valence-electron chi connectivity index (χ3n) is 5.19. The molecule has 1 saturated heterocycles. The smallest absolute Gasteiger partial charge is 0.243 e. The van der Waals surface area contributed by atoms with Crippen LogP contribution in [-0.4, -0.2) is 36.7 Å². The second kappa shape index (κ2) is 7.41. The molecule has 1 aliphatic rings. The quantitative estimate of drug-likeness (QED) is 0.704. The number of sulfonamides is 1. The summed E-state index contributed by atoms with van der Waals surface area (Å²) in [4.78, 5) is 14.8. The Morgan fingerprint density at radius 3 is 2.61 bits per heavy atom. The molecule has 4 rings (SSSR count). The van der Waals surface area contributed by atoms with Gasteiger partial charge in [-0.3, -0.25) is 4.79 Å². The molecule has 0 saturated carbocycles. The monoisotopic (exact) mass is 397 g/mol. The zero-order chi connectivity index (χ0) is 19.7. The molecule has 146 valence electrons. The minimum absolute atomic E-state index is 0.148. The van der Waals surface area contributed by atoms with E-state index in [0.29, 0.717) is 18.8 Å². The fourth-order valence-corrected chi connectivity index (χ4v) is 5.32. The first-order valence-corrected chi connectivity index (χ1v) is 10.8. The van der Waals surface area contributed by atoms with Crippen molar-refractivity contribution < 1.29 is 13.2 Å². The van der Waals surface area contributed by atoms with Crippen LogP contribution in [0, 0.1) is 0 Å². The first-order valence-electron chi connectivity index (χ1n) is 9.39. The molecule has 3 aromatic rings. The van der Waals surface area contributed by atoms with Crippen molar-refractivity contribution in [3.8, 4) is 0 Å². The van der Waals surface area contributed by atoms with E-state index in [2.05, 4.69) is 22.4 Å². The number of carbonyl (C=O) groups is 1. The van der Waals surface area contributed by atoms with Gasteiger partial charge in [0.2, 0.25) is 15.9 Å². The first-order chi connectivity index (χ1) is 13.4. The van der Waals surface area contributed by atoms with E-state index in [1.807, 2.05) is 18.2 Å². The second-order valence-electron chi connectivity index (χ2n) is 7.22. The molecule has 1 fully saturated rings. The number of benzene rings is 2. The summed E-state index contributed by atoms with van der Waals surface area (Å²) < 4.78 is 27.8. The Balaban J connectivity index is 1.55. The van der Waals surface area contributed by atoms with Crippen molar-refractivity contribution in [2.24, 2.45) is 0 Å². The minimum Gasteiger partial charge on any atom is -0.358 e. The van der Waals surface area contributed by atoms with Gasteiger partial charge in [0.25, 0.3) is 0 Å². The molecule has 0 spiro atoms. The maximum atomic E-state index is 13.1. The summed E-state index contributed by atoms with van der Waals surface area (Å²) in [5.41, 5.74) is 2.74. The summed E-state index contributed by atoms with van der Waals surface area (Å²) in [6.45, 7) is 2.40. The molecule has 0 bridgehead atoms. The van der Waals surface area contributed by atoms with Crippen LogP contribution < -0.4 is 5.32 Å². The SMILES string of the molecule is CC(=O)Nc1ccc(S(=O)(=O)N2CCC[C@H](c3cc4ccccc4[nH]3)C2)cc1. The highest BCUT2D eigenvalue weighted by Gasteiger charge is 2.31. The van der Waals surface area contributed by atoms with Crippen LogP contribution in [0.25, 0.3) is 10.9 Å². The van der Waals surface area contributed by atoms with Gasteiger partial charge in [-0.2, -0.15) is 4.31 Å². The standard InChI is InChI=1S/C21H23N3O3S/c1-15(25)22-18-8-10-19(11-9-18)28(26,27)24-12-4-6-17(14-24)21-13-16-5-2-3-7-20(16)23-21/h2-3,5,7-11,13,17,23H,4,6,12,14H2,1H3,(H,22,25)/t17-/m0/s1. The number of hydrogen-bond acceptors (Lipinski definition) is 3. The van der Waals surface area contributed by atoms with Gasteiger partial charge in [-0.1, -0.05) is 18.2 Å². The zero-order valence-corrected chi connectivity index (χ0v) is 16.5. The number of rotatable bonds is 4. The van der Waals surface area contributed by atoms with Gasteiger partial charge >= 0.3 is 0 Å². The summed E-state index contributed by atoms with van der Waals surface area (Å²) in [6.07, 6.45) is 1.78. The number of aromatic amines is 1. The minimum atomic E-state index is -3.57. The number of anilines is 1.